The quantitative estimate of drug-likeness (QED) is 0.668. The number of carbonyl (C=O) groups excluding carboxylic acids is 1. The van der Waals surface area contributed by atoms with Crippen LogP contribution in [0.1, 0.15) is 45.4 Å². The van der Waals surface area contributed by atoms with Crippen LogP contribution in [0.5, 0.6) is 0 Å². The van der Waals surface area contributed by atoms with Crippen molar-refractivity contribution in [3.05, 3.63) is 25.3 Å². The van der Waals surface area contributed by atoms with Crippen LogP contribution in [0.25, 0.3) is 0 Å². The summed E-state index contributed by atoms with van der Waals surface area (Å²) in [6.45, 7) is 10.4. The lowest BCUT2D eigenvalue weighted by Crippen LogP contribution is -2.54. The standard InChI is InChI=1S/C17H28N2O3S/c1-4-10-17(11-5-2)12-8-13-18(17)16(20)15-9-7-14-19(15)23(21,22)6-3/h4-5,15H,1-2,6-14H2,3H3. The molecule has 6 heteroatoms. The predicted molar refractivity (Wildman–Crippen MR) is 92.5 cm³/mol. The maximum atomic E-state index is 13.1. The van der Waals surface area contributed by atoms with Gasteiger partial charge in [0.2, 0.25) is 15.9 Å². The van der Waals surface area contributed by atoms with E-state index in [0.29, 0.717) is 19.5 Å². The molecule has 0 bridgehead atoms. The maximum Gasteiger partial charge on any atom is 0.241 e. The second-order valence-corrected chi connectivity index (χ2v) is 8.68. The molecule has 0 N–H and O–H groups in total. The van der Waals surface area contributed by atoms with E-state index in [1.54, 1.807) is 6.92 Å². The van der Waals surface area contributed by atoms with Gasteiger partial charge in [0.1, 0.15) is 6.04 Å². The molecule has 0 aromatic heterocycles. The molecule has 5 nitrogen and oxygen atoms in total. The van der Waals surface area contributed by atoms with E-state index in [1.807, 2.05) is 17.1 Å². The second kappa shape index (κ2) is 7.18. The molecule has 0 aromatic rings. The SMILES string of the molecule is C=CCC1(CC=C)CCCN1C(=O)C1CCCN1S(=O)(=O)CC. The fourth-order valence-electron chi connectivity index (χ4n) is 3.99. The first-order chi connectivity index (χ1) is 10.9. The van der Waals surface area contributed by atoms with E-state index in [4.69, 9.17) is 0 Å². The van der Waals surface area contributed by atoms with Crippen molar-refractivity contribution in [2.45, 2.75) is 57.0 Å². The zero-order valence-electron chi connectivity index (χ0n) is 14.0. The van der Waals surface area contributed by atoms with Crippen molar-refractivity contribution < 1.29 is 13.2 Å². The Hall–Kier alpha value is -1.14. The minimum Gasteiger partial charge on any atom is -0.335 e. The minimum atomic E-state index is -3.34. The normalized spacial score (nSPS) is 24.7. The van der Waals surface area contributed by atoms with Crippen LogP contribution in [0.4, 0.5) is 0 Å². The summed E-state index contributed by atoms with van der Waals surface area (Å²) >= 11 is 0. The Bertz CT molecular complexity index is 560. The van der Waals surface area contributed by atoms with Crippen LogP contribution in [0.2, 0.25) is 0 Å². The first-order valence-corrected chi connectivity index (χ1v) is 10.1. The molecule has 2 rings (SSSR count). The Morgan fingerprint density at radius 3 is 2.43 bits per heavy atom. The molecule has 1 amide bonds. The molecule has 2 heterocycles. The largest absolute Gasteiger partial charge is 0.335 e. The summed E-state index contributed by atoms with van der Waals surface area (Å²) in [6.07, 6.45) is 8.38. The van der Waals surface area contributed by atoms with Crippen molar-refractivity contribution in [1.82, 2.24) is 9.21 Å². The third-order valence-electron chi connectivity index (χ3n) is 5.12. The summed E-state index contributed by atoms with van der Waals surface area (Å²) in [5.74, 6) is 0.00190. The fraction of sp³-hybridized carbons (Fsp3) is 0.706. The molecule has 2 fully saturated rings. The van der Waals surface area contributed by atoms with Gasteiger partial charge in [0, 0.05) is 18.6 Å². The molecule has 1 atom stereocenters. The molecule has 2 aliphatic heterocycles. The fourth-order valence-corrected chi connectivity index (χ4v) is 5.32. The number of hydrogen-bond acceptors (Lipinski definition) is 3. The third-order valence-corrected chi connectivity index (χ3v) is 7.00. The number of sulfonamides is 1. The van der Waals surface area contributed by atoms with Gasteiger partial charge in [0.25, 0.3) is 0 Å². The van der Waals surface area contributed by atoms with Crippen LogP contribution in [0.15, 0.2) is 25.3 Å². The lowest BCUT2D eigenvalue weighted by Gasteiger charge is -2.40. The predicted octanol–water partition coefficient (Wildman–Crippen LogP) is 2.31. The van der Waals surface area contributed by atoms with Crippen molar-refractivity contribution in [2.75, 3.05) is 18.8 Å². The summed E-state index contributed by atoms with van der Waals surface area (Å²) in [7, 11) is -3.34. The lowest BCUT2D eigenvalue weighted by atomic mass is 9.87. The maximum absolute atomic E-state index is 13.1. The Morgan fingerprint density at radius 2 is 1.87 bits per heavy atom. The Morgan fingerprint density at radius 1 is 1.22 bits per heavy atom. The first kappa shape index (κ1) is 18.2. The van der Waals surface area contributed by atoms with E-state index in [-0.39, 0.29) is 17.2 Å². The van der Waals surface area contributed by atoms with Gasteiger partial charge in [-0.1, -0.05) is 12.2 Å². The number of carbonyl (C=O) groups is 1. The van der Waals surface area contributed by atoms with Crippen molar-refractivity contribution in [2.24, 2.45) is 0 Å². The summed E-state index contributed by atoms with van der Waals surface area (Å²) in [5, 5.41) is 0. The van der Waals surface area contributed by atoms with E-state index < -0.39 is 16.1 Å². The molecule has 23 heavy (non-hydrogen) atoms. The van der Waals surface area contributed by atoms with Gasteiger partial charge in [0.15, 0.2) is 0 Å². The van der Waals surface area contributed by atoms with Gasteiger partial charge >= 0.3 is 0 Å². The Labute approximate surface area is 140 Å². The van der Waals surface area contributed by atoms with Crippen molar-refractivity contribution in [3.8, 4) is 0 Å². The van der Waals surface area contributed by atoms with Crippen LogP contribution in [-0.4, -0.2) is 54.0 Å². The highest BCUT2D eigenvalue weighted by atomic mass is 32.2. The highest BCUT2D eigenvalue weighted by molar-refractivity contribution is 7.89. The van der Waals surface area contributed by atoms with Gasteiger partial charge in [-0.25, -0.2) is 8.42 Å². The molecule has 0 aliphatic carbocycles. The average Bonchev–Trinajstić information content (AvgIpc) is 3.15. The van der Waals surface area contributed by atoms with E-state index in [0.717, 1.165) is 32.1 Å². The number of amides is 1. The average molecular weight is 340 g/mol. The molecule has 0 radical (unpaired) electrons. The second-order valence-electron chi connectivity index (χ2n) is 6.47. The molecule has 130 valence electrons. The van der Waals surface area contributed by atoms with Gasteiger partial charge < -0.3 is 4.90 Å². The minimum absolute atomic E-state index is 0.0410. The summed E-state index contributed by atoms with van der Waals surface area (Å²) in [5.41, 5.74) is -0.273. The van der Waals surface area contributed by atoms with Crippen LogP contribution >= 0.6 is 0 Å². The van der Waals surface area contributed by atoms with Gasteiger partial charge in [-0.3, -0.25) is 4.79 Å². The van der Waals surface area contributed by atoms with E-state index in [9.17, 15) is 13.2 Å². The van der Waals surface area contributed by atoms with Crippen LogP contribution < -0.4 is 0 Å². The number of likely N-dealkylation sites (tertiary alicyclic amines) is 1. The van der Waals surface area contributed by atoms with Crippen molar-refractivity contribution in [1.29, 1.82) is 0 Å². The number of nitrogens with zero attached hydrogens (tertiary/aromatic N) is 2. The molecule has 0 aromatic carbocycles. The smallest absolute Gasteiger partial charge is 0.241 e. The highest BCUT2D eigenvalue weighted by Crippen LogP contribution is 2.38. The van der Waals surface area contributed by atoms with Gasteiger partial charge in [-0.05, 0) is 45.4 Å². The van der Waals surface area contributed by atoms with Crippen LogP contribution in [-0.2, 0) is 14.8 Å². The highest BCUT2D eigenvalue weighted by Gasteiger charge is 2.47. The Balaban J connectivity index is 2.27. The first-order valence-electron chi connectivity index (χ1n) is 8.44. The molecule has 2 aliphatic rings. The molecule has 0 spiro atoms. The van der Waals surface area contributed by atoms with E-state index in [2.05, 4.69) is 13.2 Å². The number of hydrogen-bond donors (Lipinski definition) is 0. The summed E-state index contributed by atoms with van der Waals surface area (Å²) in [6, 6.07) is -0.535. The molecular formula is C17H28N2O3S. The molecule has 1 unspecified atom stereocenters. The van der Waals surface area contributed by atoms with E-state index >= 15 is 0 Å². The zero-order chi connectivity index (χ0) is 17.1. The zero-order valence-corrected chi connectivity index (χ0v) is 14.9. The lowest BCUT2D eigenvalue weighted by molar-refractivity contribution is -0.138. The van der Waals surface area contributed by atoms with Gasteiger partial charge in [0.05, 0.1) is 5.75 Å². The molecule has 2 saturated heterocycles. The van der Waals surface area contributed by atoms with Crippen molar-refractivity contribution in [3.63, 3.8) is 0 Å². The monoisotopic (exact) mass is 340 g/mol. The third kappa shape index (κ3) is 3.38. The van der Waals surface area contributed by atoms with Gasteiger partial charge in [-0.15, -0.1) is 13.2 Å². The van der Waals surface area contributed by atoms with Crippen molar-refractivity contribution >= 4 is 15.9 Å². The topological polar surface area (TPSA) is 57.7 Å². The number of rotatable bonds is 7. The summed E-state index contributed by atoms with van der Waals surface area (Å²) < 4.78 is 26.0. The van der Waals surface area contributed by atoms with Crippen LogP contribution in [0, 0.1) is 0 Å². The Kier molecular flexibility index (Phi) is 5.68. The van der Waals surface area contributed by atoms with Crippen LogP contribution in [0.3, 0.4) is 0 Å². The molecular weight excluding hydrogens is 312 g/mol. The van der Waals surface area contributed by atoms with E-state index in [1.165, 1.54) is 4.31 Å². The molecule has 0 saturated carbocycles. The summed E-state index contributed by atoms with van der Waals surface area (Å²) in [4.78, 5) is 15.0. The van der Waals surface area contributed by atoms with Gasteiger partial charge in [-0.2, -0.15) is 4.31 Å².